The lowest BCUT2D eigenvalue weighted by molar-refractivity contribution is -0.941. The van der Waals surface area contributed by atoms with Crippen LogP contribution < -0.4 is 17.0 Å². The van der Waals surface area contributed by atoms with E-state index in [4.69, 9.17) is 0 Å². The van der Waals surface area contributed by atoms with Crippen molar-refractivity contribution in [2.75, 3.05) is 45.1 Å². The second-order valence-electron chi connectivity index (χ2n) is 5.83. The van der Waals surface area contributed by atoms with Crippen molar-refractivity contribution in [2.24, 2.45) is 5.41 Å². The van der Waals surface area contributed by atoms with E-state index in [2.05, 4.69) is 20.8 Å². The van der Waals surface area contributed by atoms with E-state index in [1.807, 2.05) is 7.05 Å². The molecule has 2 aliphatic rings. The van der Waals surface area contributed by atoms with Gasteiger partial charge >= 0.3 is 11.9 Å². The Hall–Kier alpha value is -0.180. The summed E-state index contributed by atoms with van der Waals surface area (Å²) in [5, 5.41) is 19.4. The second kappa shape index (κ2) is 6.29. The highest BCUT2D eigenvalue weighted by Gasteiger charge is 2.63. The van der Waals surface area contributed by atoms with Gasteiger partial charge in [-0.1, -0.05) is 15.9 Å². The molecule has 0 aliphatic carbocycles. The first-order valence-corrected chi connectivity index (χ1v) is 7.55. The molecule has 116 valence electrons. The number of hydrogen-bond donors (Lipinski definition) is 2. The van der Waals surface area contributed by atoms with Crippen molar-refractivity contribution in [3.05, 3.63) is 0 Å². The molecular weight excluding hydrogens is 396 g/mol. The van der Waals surface area contributed by atoms with Gasteiger partial charge in [-0.15, -0.1) is 0 Å². The van der Waals surface area contributed by atoms with E-state index >= 15 is 0 Å². The zero-order valence-corrected chi connectivity index (χ0v) is 14.6. The third-order valence-corrected chi connectivity index (χ3v) is 5.54. The maximum atomic E-state index is 11.5. The van der Waals surface area contributed by atoms with Crippen LogP contribution in [0.25, 0.3) is 0 Å². The SMILES string of the molecule is CN1CC[N+]2(CC1)CC(C(=O)O)(C(=O)O)CC2CBr.[Br-]. The standard InChI is InChI=1S/C12H19BrN2O4.BrH/c1-14-2-4-15(5-3-14)8-12(10(16)17,11(18)19)6-9(15)7-13;/h9H,2-8H2,1H3,(H-,16,17,18,19);1H. The number of hydrogen-bond acceptors (Lipinski definition) is 3. The summed E-state index contributed by atoms with van der Waals surface area (Å²) in [6.07, 6.45) is 0.215. The Morgan fingerprint density at radius 2 is 1.80 bits per heavy atom. The number of likely N-dealkylation sites (N-methyl/N-ethyl adjacent to an activating group) is 1. The number of carbonyl (C=O) groups is 2. The molecule has 1 unspecified atom stereocenters. The van der Waals surface area contributed by atoms with E-state index in [1.54, 1.807) is 0 Å². The Balaban J connectivity index is 0.00000200. The first kappa shape index (κ1) is 17.9. The number of carboxylic acid groups (broad SMARTS) is 2. The van der Waals surface area contributed by atoms with Crippen molar-refractivity contribution in [1.29, 1.82) is 0 Å². The van der Waals surface area contributed by atoms with Gasteiger partial charge in [0.25, 0.3) is 0 Å². The molecule has 0 radical (unpaired) electrons. The number of quaternary nitrogens is 1. The van der Waals surface area contributed by atoms with E-state index in [-0.39, 0.29) is 36.0 Å². The highest BCUT2D eigenvalue weighted by Crippen LogP contribution is 2.42. The van der Waals surface area contributed by atoms with E-state index in [1.165, 1.54) is 0 Å². The fourth-order valence-electron chi connectivity index (χ4n) is 3.42. The molecule has 0 saturated carbocycles. The molecule has 2 N–H and O–H groups in total. The topological polar surface area (TPSA) is 77.8 Å². The van der Waals surface area contributed by atoms with Crippen molar-refractivity contribution < 1.29 is 41.3 Å². The monoisotopic (exact) mass is 414 g/mol. The molecule has 2 heterocycles. The maximum Gasteiger partial charge on any atom is 0.327 e. The van der Waals surface area contributed by atoms with Gasteiger partial charge in [-0.3, -0.25) is 14.5 Å². The van der Waals surface area contributed by atoms with Crippen molar-refractivity contribution in [3.8, 4) is 0 Å². The van der Waals surface area contributed by atoms with E-state index in [0.29, 0.717) is 9.81 Å². The summed E-state index contributed by atoms with van der Waals surface area (Å²) >= 11 is 3.44. The Bertz CT molecular complexity index is 383. The third kappa shape index (κ3) is 2.75. The average molecular weight is 416 g/mol. The highest BCUT2D eigenvalue weighted by molar-refractivity contribution is 9.09. The van der Waals surface area contributed by atoms with Gasteiger partial charge in [0.1, 0.15) is 12.6 Å². The normalized spacial score (nSPS) is 28.0. The van der Waals surface area contributed by atoms with Gasteiger partial charge in [0.05, 0.1) is 18.4 Å². The Morgan fingerprint density at radius 3 is 2.20 bits per heavy atom. The summed E-state index contributed by atoms with van der Waals surface area (Å²) in [7, 11) is 2.04. The average Bonchev–Trinajstić information content (AvgIpc) is 2.69. The fourth-order valence-corrected chi connectivity index (χ4v) is 4.26. The van der Waals surface area contributed by atoms with Crippen LogP contribution in [0.15, 0.2) is 0 Å². The number of carboxylic acids is 2. The first-order chi connectivity index (χ1) is 8.86. The predicted octanol–water partition coefficient (Wildman–Crippen LogP) is -2.92. The zero-order valence-electron chi connectivity index (χ0n) is 11.4. The van der Waals surface area contributed by atoms with Crippen molar-refractivity contribution in [3.63, 3.8) is 0 Å². The van der Waals surface area contributed by atoms with Crippen LogP contribution in [-0.2, 0) is 9.59 Å². The van der Waals surface area contributed by atoms with Crippen LogP contribution >= 0.6 is 15.9 Å². The van der Waals surface area contributed by atoms with Gasteiger partial charge in [0.2, 0.25) is 5.41 Å². The molecule has 8 heteroatoms. The molecule has 20 heavy (non-hydrogen) atoms. The smallest absolute Gasteiger partial charge is 0.327 e. The molecule has 6 nitrogen and oxygen atoms in total. The van der Waals surface area contributed by atoms with E-state index < -0.39 is 17.4 Å². The minimum Gasteiger partial charge on any atom is -1.00 e. The molecule has 2 fully saturated rings. The molecule has 0 amide bonds. The van der Waals surface area contributed by atoms with Crippen LogP contribution in [0.4, 0.5) is 0 Å². The molecule has 2 saturated heterocycles. The highest BCUT2D eigenvalue weighted by atomic mass is 79.9. The minimum atomic E-state index is -1.62. The van der Waals surface area contributed by atoms with Crippen LogP contribution in [0.5, 0.6) is 0 Å². The summed E-state index contributed by atoms with van der Waals surface area (Å²) in [6.45, 7) is 3.64. The summed E-state index contributed by atoms with van der Waals surface area (Å²) in [5.41, 5.74) is -1.62. The molecule has 0 aromatic rings. The van der Waals surface area contributed by atoms with Gasteiger partial charge in [-0.2, -0.15) is 0 Å². The molecule has 1 atom stereocenters. The number of rotatable bonds is 3. The lowest BCUT2D eigenvalue weighted by Gasteiger charge is -2.45. The van der Waals surface area contributed by atoms with Crippen LogP contribution in [0, 0.1) is 5.41 Å². The Morgan fingerprint density at radius 1 is 1.30 bits per heavy atom. The number of aliphatic carboxylic acids is 2. The molecule has 0 aromatic carbocycles. The molecule has 2 aliphatic heterocycles. The number of alkyl halides is 1. The summed E-state index contributed by atoms with van der Waals surface area (Å²) in [4.78, 5) is 25.2. The van der Waals surface area contributed by atoms with E-state index in [0.717, 1.165) is 26.2 Å². The van der Waals surface area contributed by atoms with Crippen LogP contribution in [-0.4, -0.2) is 82.7 Å². The summed E-state index contributed by atoms with van der Waals surface area (Å²) in [6, 6.07) is 0.0703. The van der Waals surface area contributed by atoms with Crippen LogP contribution in [0.3, 0.4) is 0 Å². The minimum absolute atomic E-state index is 0. The summed E-state index contributed by atoms with van der Waals surface area (Å²) < 4.78 is 0.619. The summed E-state index contributed by atoms with van der Waals surface area (Å²) in [5.74, 6) is -2.39. The number of halogens is 2. The lowest BCUT2D eigenvalue weighted by Crippen LogP contribution is -3.00. The number of piperazine rings is 1. The van der Waals surface area contributed by atoms with Crippen LogP contribution in [0.1, 0.15) is 6.42 Å². The van der Waals surface area contributed by atoms with Gasteiger partial charge < -0.3 is 31.7 Å². The van der Waals surface area contributed by atoms with Crippen molar-refractivity contribution in [1.82, 2.24) is 4.90 Å². The first-order valence-electron chi connectivity index (χ1n) is 6.43. The van der Waals surface area contributed by atoms with Gasteiger partial charge in [0.15, 0.2) is 0 Å². The molecule has 0 aromatic heterocycles. The van der Waals surface area contributed by atoms with Gasteiger partial charge in [-0.25, -0.2) is 0 Å². The van der Waals surface area contributed by atoms with Crippen molar-refractivity contribution >= 4 is 27.9 Å². The second-order valence-corrected chi connectivity index (χ2v) is 6.48. The quantitative estimate of drug-likeness (QED) is 0.293. The third-order valence-electron chi connectivity index (χ3n) is 4.79. The Kier molecular flexibility index (Phi) is 5.62. The van der Waals surface area contributed by atoms with Crippen LogP contribution in [0.2, 0.25) is 0 Å². The molecule has 1 spiro atoms. The lowest BCUT2D eigenvalue weighted by atomic mass is 9.86. The maximum absolute atomic E-state index is 11.5. The largest absolute Gasteiger partial charge is 1.00 e. The molecule has 0 bridgehead atoms. The Labute approximate surface area is 137 Å². The predicted molar refractivity (Wildman–Crippen MR) is 72.3 cm³/mol. The molecule has 2 rings (SSSR count). The fraction of sp³-hybridized carbons (Fsp3) is 0.833. The van der Waals surface area contributed by atoms with Crippen molar-refractivity contribution in [2.45, 2.75) is 12.5 Å². The van der Waals surface area contributed by atoms with E-state index in [9.17, 15) is 19.8 Å². The molecular formula is C12H20Br2N2O4. The van der Waals surface area contributed by atoms with Gasteiger partial charge in [0, 0.05) is 19.5 Å². The number of nitrogens with zero attached hydrogens (tertiary/aromatic N) is 2. The zero-order chi connectivity index (χ0) is 14.3. The van der Waals surface area contributed by atoms with Gasteiger partial charge in [-0.05, 0) is 7.05 Å².